The van der Waals surface area contributed by atoms with Gasteiger partial charge in [-0.1, -0.05) is 11.3 Å². The van der Waals surface area contributed by atoms with Crippen LogP contribution in [0.1, 0.15) is 22.2 Å². The second-order valence-electron chi connectivity index (χ2n) is 4.45. The van der Waals surface area contributed by atoms with Crippen LogP contribution in [0, 0.1) is 0 Å². The lowest BCUT2D eigenvalue weighted by atomic mass is 10.3. The summed E-state index contributed by atoms with van der Waals surface area (Å²) >= 11 is 1.28. The fourth-order valence-corrected chi connectivity index (χ4v) is 2.73. The Labute approximate surface area is 121 Å². The molecule has 0 bridgehead atoms. The third kappa shape index (κ3) is 3.08. The van der Waals surface area contributed by atoms with Gasteiger partial charge in [0.05, 0.1) is 6.20 Å². The zero-order chi connectivity index (χ0) is 14.7. The lowest BCUT2D eigenvalue weighted by Gasteiger charge is -2.15. The van der Waals surface area contributed by atoms with Gasteiger partial charge in [-0.3, -0.25) is 9.48 Å². The van der Waals surface area contributed by atoms with Crippen LogP contribution in [-0.2, 0) is 13.6 Å². The van der Waals surface area contributed by atoms with Crippen LogP contribution in [0.4, 0.5) is 10.9 Å². The number of hydrogen-bond acceptors (Lipinski definition) is 6. The smallest absolute Gasteiger partial charge is 0.267 e. The maximum absolute atomic E-state index is 12.4. The number of anilines is 2. The summed E-state index contributed by atoms with van der Waals surface area (Å²) in [5, 5.41) is 7.81. The third-order valence-electron chi connectivity index (χ3n) is 2.70. The van der Waals surface area contributed by atoms with Gasteiger partial charge < -0.3 is 16.0 Å². The number of aryl methyl sites for hydroxylation is 1. The molecule has 0 radical (unpaired) electrons. The maximum Gasteiger partial charge on any atom is 0.267 e. The summed E-state index contributed by atoms with van der Waals surface area (Å²) in [6, 6.07) is 0. The zero-order valence-corrected chi connectivity index (χ0v) is 12.6. The van der Waals surface area contributed by atoms with Crippen LogP contribution in [0.2, 0.25) is 0 Å². The summed E-state index contributed by atoms with van der Waals surface area (Å²) < 4.78 is 1.71. The molecule has 0 saturated carbocycles. The molecule has 3 N–H and O–H groups in total. The Morgan fingerprint density at radius 1 is 1.60 bits per heavy atom. The van der Waals surface area contributed by atoms with Crippen molar-refractivity contribution in [3.8, 4) is 0 Å². The monoisotopic (exact) mass is 294 g/mol. The van der Waals surface area contributed by atoms with Crippen LogP contribution in [0.3, 0.4) is 0 Å². The Bertz CT molecular complexity index is 605. The number of nitrogens with one attached hydrogen (secondary N) is 1. The molecule has 20 heavy (non-hydrogen) atoms. The van der Waals surface area contributed by atoms with E-state index in [1.807, 2.05) is 20.2 Å². The highest BCUT2D eigenvalue weighted by Crippen LogP contribution is 2.26. The standard InChI is InChI=1S/C12H18N6OS/c1-4-14-12-16-10(13)9(20-12)11(19)17(2)6-8-5-15-18(3)7-8/h5,7H,4,6,13H2,1-3H3,(H,14,16). The summed E-state index contributed by atoms with van der Waals surface area (Å²) in [6.45, 7) is 3.19. The Morgan fingerprint density at radius 2 is 2.35 bits per heavy atom. The summed E-state index contributed by atoms with van der Waals surface area (Å²) in [5.74, 6) is 0.141. The molecular formula is C12H18N6OS. The van der Waals surface area contributed by atoms with Gasteiger partial charge >= 0.3 is 0 Å². The van der Waals surface area contributed by atoms with E-state index >= 15 is 0 Å². The summed E-state index contributed by atoms with van der Waals surface area (Å²) in [5.41, 5.74) is 6.77. The molecule has 0 unspecified atom stereocenters. The maximum atomic E-state index is 12.4. The lowest BCUT2D eigenvalue weighted by Crippen LogP contribution is -2.26. The predicted molar refractivity (Wildman–Crippen MR) is 79.7 cm³/mol. The van der Waals surface area contributed by atoms with E-state index in [2.05, 4.69) is 15.4 Å². The molecule has 7 nitrogen and oxygen atoms in total. The van der Waals surface area contributed by atoms with Crippen molar-refractivity contribution in [1.82, 2.24) is 19.7 Å². The van der Waals surface area contributed by atoms with Crippen molar-refractivity contribution >= 4 is 28.2 Å². The molecule has 2 aromatic rings. The first-order chi connectivity index (χ1) is 9.51. The molecule has 0 saturated heterocycles. The van der Waals surface area contributed by atoms with E-state index in [4.69, 9.17) is 5.73 Å². The van der Waals surface area contributed by atoms with Gasteiger partial charge in [-0.05, 0) is 6.92 Å². The number of thiazole rings is 1. The number of amides is 1. The van der Waals surface area contributed by atoms with Crippen LogP contribution < -0.4 is 11.1 Å². The number of aromatic nitrogens is 3. The van der Waals surface area contributed by atoms with Gasteiger partial charge in [-0.15, -0.1) is 0 Å². The molecular weight excluding hydrogens is 276 g/mol. The van der Waals surface area contributed by atoms with Crippen LogP contribution in [0.5, 0.6) is 0 Å². The second-order valence-corrected chi connectivity index (χ2v) is 5.45. The van der Waals surface area contributed by atoms with Crippen molar-refractivity contribution in [3.05, 3.63) is 22.8 Å². The molecule has 108 valence electrons. The van der Waals surface area contributed by atoms with E-state index in [1.165, 1.54) is 11.3 Å². The van der Waals surface area contributed by atoms with E-state index in [-0.39, 0.29) is 11.7 Å². The first kappa shape index (κ1) is 14.3. The molecule has 0 spiro atoms. The number of carbonyl (C=O) groups is 1. The molecule has 2 rings (SSSR count). The van der Waals surface area contributed by atoms with Crippen molar-refractivity contribution in [3.63, 3.8) is 0 Å². The fraction of sp³-hybridized carbons (Fsp3) is 0.417. The van der Waals surface area contributed by atoms with Gasteiger partial charge in [-0.2, -0.15) is 5.10 Å². The largest absolute Gasteiger partial charge is 0.382 e. The molecule has 0 fully saturated rings. The minimum Gasteiger partial charge on any atom is -0.382 e. The molecule has 1 amide bonds. The van der Waals surface area contributed by atoms with Crippen molar-refractivity contribution in [2.45, 2.75) is 13.5 Å². The Morgan fingerprint density at radius 3 is 2.95 bits per heavy atom. The van der Waals surface area contributed by atoms with E-state index < -0.39 is 0 Å². The number of hydrogen-bond donors (Lipinski definition) is 2. The molecule has 8 heteroatoms. The quantitative estimate of drug-likeness (QED) is 0.864. The lowest BCUT2D eigenvalue weighted by molar-refractivity contribution is 0.0790. The first-order valence-corrected chi connectivity index (χ1v) is 7.06. The number of nitrogens with two attached hydrogens (primary N) is 1. The summed E-state index contributed by atoms with van der Waals surface area (Å²) in [4.78, 5) is 18.6. The van der Waals surface area contributed by atoms with E-state index in [1.54, 1.807) is 22.8 Å². The van der Waals surface area contributed by atoms with Gasteiger partial charge in [0.1, 0.15) is 10.7 Å². The molecule has 0 atom stereocenters. The minimum atomic E-state index is -0.131. The molecule has 0 aliphatic carbocycles. The average molecular weight is 294 g/mol. The average Bonchev–Trinajstić information content (AvgIpc) is 2.95. The van der Waals surface area contributed by atoms with Gasteiger partial charge in [-0.25, -0.2) is 4.98 Å². The number of nitrogen functional groups attached to an aromatic ring is 1. The Balaban J connectivity index is 2.09. The normalized spacial score (nSPS) is 10.6. The number of carbonyl (C=O) groups excluding carboxylic acids is 1. The highest BCUT2D eigenvalue weighted by atomic mass is 32.1. The van der Waals surface area contributed by atoms with E-state index in [9.17, 15) is 4.79 Å². The van der Waals surface area contributed by atoms with E-state index in [0.717, 1.165) is 12.1 Å². The van der Waals surface area contributed by atoms with Crippen LogP contribution in [-0.4, -0.2) is 39.2 Å². The summed E-state index contributed by atoms with van der Waals surface area (Å²) in [6.07, 6.45) is 3.62. The first-order valence-electron chi connectivity index (χ1n) is 6.24. The molecule has 2 heterocycles. The molecule has 2 aromatic heterocycles. The highest BCUT2D eigenvalue weighted by Gasteiger charge is 2.20. The van der Waals surface area contributed by atoms with Crippen molar-refractivity contribution in [1.29, 1.82) is 0 Å². The molecule has 0 aromatic carbocycles. The zero-order valence-electron chi connectivity index (χ0n) is 11.8. The minimum absolute atomic E-state index is 0.131. The van der Waals surface area contributed by atoms with Gasteiger partial charge in [0.15, 0.2) is 5.13 Å². The van der Waals surface area contributed by atoms with Gasteiger partial charge in [0.2, 0.25) is 0 Å². The van der Waals surface area contributed by atoms with Crippen LogP contribution in [0.15, 0.2) is 12.4 Å². The van der Waals surface area contributed by atoms with Crippen LogP contribution in [0.25, 0.3) is 0 Å². The van der Waals surface area contributed by atoms with E-state index in [0.29, 0.717) is 16.6 Å². The Kier molecular flexibility index (Phi) is 4.23. The second kappa shape index (κ2) is 5.91. The Hall–Kier alpha value is -2.09. The molecule has 0 aliphatic rings. The van der Waals surface area contributed by atoms with Crippen molar-refractivity contribution < 1.29 is 4.79 Å². The third-order valence-corrected chi connectivity index (χ3v) is 3.72. The fourth-order valence-electron chi connectivity index (χ4n) is 1.78. The SMILES string of the molecule is CCNc1nc(N)c(C(=O)N(C)Cc2cnn(C)c2)s1. The number of nitrogens with zero attached hydrogens (tertiary/aromatic N) is 4. The topological polar surface area (TPSA) is 89.1 Å². The van der Waals surface area contributed by atoms with Crippen LogP contribution >= 0.6 is 11.3 Å². The molecule has 0 aliphatic heterocycles. The van der Waals surface area contributed by atoms with Gasteiger partial charge in [0, 0.05) is 38.9 Å². The van der Waals surface area contributed by atoms with Crippen molar-refractivity contribution in [2.24, 2.45) is 7.05 Å². The van der Waals surface area contributed by atoms with Gasteiger partial charge in [0.25, 0.3) is 5.91 Å². The summed E-state index contributed by atoms with van der Waals surface area (Å²) in [7, 11) is 3.58. The highest BCUT2D eigenvalue weighted by molar-refractivity contribution is 7.18. The number of rotatable bonds is 5. The van der Waals surface area contributed by atoms with Crippen molar-refractivity contribution in [2.75, 3.05) is 24.6 Å². The predicted octanol–water partition coefficient (Wildman–Crippen LogP) is 1.16.